The fourth-order valence-electron chi connectivity index (χ4n) is 6.34. The summed E-state index contributed by atoms with van der Waals surface area (Å²) in [6, 6.07) is 0.789. The molecule has 0 aromatic carbocycles. The van der Waals surface area contributed by atoms with Crippen LogP contribution in [0.4, 0.5) is 33.6 Å². The summed E-state index contributed by atoms with van der Waals surface area (Å²) in [6.45, 7) is 6.24. The standard InChI is InChI=1S/C31H39F5N8O3/c1-16-4-8-38-9-10-39-27-22-26(24(33)25(41-28(22)47-16)18-12-21(37)40-17(2)23(18)31(34,35)36)42-29(43-27)46-15-30(6-7-30)14-44-11-5-20(45-3)19(32)13-44/h12,16,19-20,38H,4-11,13-15H2,1-3H3,(H2,37,40)(H,39,42,43). The number of methoxy groups -OCH3 is 1. The van der Waals surface area contributed by atoms with E-state index in [0.29, 0.717) is 45.6 Å². The normalized spacial score (nSPS) is 23.4. The molecule has 2 aliphatic heterocycles. The zero-order valence-corrected chi connectivity index (χ0v) is 26.5. The third-order valence-electron chi connectivity index (χ3n) is 9.02. The number of anilines is 2. The highest BCUT2D eigenvalue weighted by atomic mass is 19.4. The molecule has 11 nitrogen and oxygen atoms in total. The van der Waals surface area contributed by atoms with E-state index >= 15 is 4.39 Å². The van der Waals surface area contributed by atoms with Gasteiger partial charge >= 0.3 is 12.2 Å². The van der Waals surface area contributed by atoms with Crippen LogP contribution in [-0.4, -0.2) is 96.2 Å². The number of hydrogen-bond acceptors (Lipinski definition) is 11. The van der Waals surface area contributed by atoms with Crippen molar-refractivity contribution in [1.29, 1.82) is 0 Å². The Morgan fingerprint density at radius 3 is 2.62 bits per heavy atom. The van der Waals surface area contributed by atoms with Gasteiger partial charge < -0.3 is 30.6 Å². The summed E-state index contributed by atoms with van der Waals surface area (Å²) in [6.07, 6.45) is -3.98. The summed E-state index contributed by atoms with van der Waals surface area (Å²) in [5.74, 6) is -1.30. The lowest BCUT2D eigenvalue weighted by atomic mass is 10.0. The maximum Gasteiger partial charge on any atom is 0.418 e. The highest BCUT2D eigenvalue weighted by Gasteiger charge is 2.46. The Hall–Kier alpha value is -3.63. The van der Waals surface area contributed by atoms with Crippen LogP contribution in [0.2, 0.25) is 0 Å². The molecule has 16 heteroatoms. The molecule has 47 heavy (non-hydrogen) atoms. The Bertz CT molecular complexity index is 1620. The molecule has 5 heterocycles. The molecule has 3 aromatic heterocycles. The van der Waals surface area contributed by atoms with E-state index in [9.17, 15) is 17.6 Å². The van der Waals surface area contributed by atoms with Crippen molar-refractivity contribution in [1.82, 2.24) is 30.2 Å². The van der Waals surface area contributed by atoms with Gasteiger partial charge in [-0.3, -0.25) is 4.90 Å². The van der Waals surface area contributed by atoms with E-state index in [-0.39, 0.29) is 53.0 Å². The van der Waals surface area contributed by atoms with Crippen molar-refractivity contribution in [2.75, 3.05) is 64.0 Å². The first kappa shape index (κ1) is 33.3. The minimum Gasteiger partial charge on any atom is -0.474 e. The molecule has 3 aromatic rings. The van der Waals surface area contributed by atoms with E-state index in [4.69, 9.17) is 19.9 Å². The number of nitrogens with one attached hydrogen (secondary N) is 2. The molecule has 1 saturated heterocycles. The second-order valence-corrected chi connectivity index (χ2v) is 12.7. The fraction of sp³-hybridized carbons (Fsp3) is 0.613. The van der Waals surface area contributed by atoms with Crippen LogP contribution in [-0.2, 0) is 10.9 Å². The molecule has 0 amide bonds. The van der Waals surface area contributed by atoms with Crippen LogP contribution in [0.3, 0.4) is 0 Å². The van der Waals surface area contributed by atoms with E-state index in [1.807, 2.05) is 0 Å². The molecule has 3 unspecified atom stereocenters. The Labute approximate surface area is 268 Å². The van der Waals surface area contributed by atoms with Gasteiger partial charge in [-0.25, -0.2) is 18.7 Å². The van der Waals surface area contributed by atoms with Gasteiger partial charge in [0.2, 0.25) is 5.88 Å². The fourth-order valence-corrected chi connectivity index (χ4v) is 6.34. The number of aryl methyl sites for hydroxylation is 1. The number of nitrogen functional groups attached to an aromatic ring is 1. The molecule has 1 saturated carbocycles. The highest BCUT2D eigenvalue weighted by Crippen LogP contribution is 2.47. The topological polar surface area (TPSA) is 133 Å². The van der Waals surface area contributed by atoms with Gasteiger partial charge in [0, 0.05) is 50.8 Å². The minimum atomic E-state index is -4.88. The van der Waals surface area contributed by atoms with Gasteiger partial charge in [0.05, 0.1) is 30.1 Å². The zero-order chi connectivity index (χ0) is 33.5. The molecule has 4 N–H and O–H groups in total. The van der Waals surface area contributed by atoms with Gasteiger partial charge in [0.1, 0.15) is 34.4 Å². The smallest absolute Gasteiger partial charge is 0.418 e. The van der Waals surface area contributed by atoms with Gasteiger partial charge in [-0.15, -0.1) is 0 Å². The molecule has 0 radical (unpaired) electrons. The summed E-state index contributed by atoms with van der Waals surface area (Å²) >= 11 is 0. The van der Waals surface area contributed by atoms with E-state index in [1.165, 1.54) is 7.11 Å². The number of nitrogens with two attached hydrogens (primary N) is 1. The third-order valence-corrected chi connectivity index (χ3v) is 9.02. The lowest BCUT2D eigenvalue weighted by molar-refractivity contribution is -0.137. The highest BCUT2D eigenvalue weighted by molar-refractivity contribution is 5.96. The summed E-state index contributed by atoms with van der Waals surface area (Å²) in [5, 5.41) is 6.52. The summed E-state index contributed by atoms with van der Waals surface area (Å²) < 4.78 is 91.5. The Kier molecular flexibility index (Phi) is 9.28. The van der Waals surface area contributed by atoms with Crippen molar-refractivity contribution in [2.24, 2.45) is 5.41 Å². The number of nitrogens with zero attached hydrogens (tertiary/aromatic N) is 5. The molecule has 3 atom stereocenters. The van der Waals surface area contributed by atoms with Crippen molar-refractivity contribution in [3.63, 3.8) is 0 Å². The number of hydrogen-bond donors (Lipinski definition) is 3. The number of piperidine rings is 1. The SMILES string of the molecule is COC1CCN(CC2(COc3nc4c5c(nc(-c6cc(N)nc(C)c6C(F)(F)F)c(F)c5n3)OC(C)CCNCCN4)CC2)CC1F. The lowest BCUT2D eigenvalue weighted by Crippen LogP contribution is -2.47. The monoisotopic (exact) mass is 666 g/mol. The molecule has 0 bridgehead atoms. The molecule has 1 aliphatic carbocycles. The number of ether oxygens (including phenoxy) is 3. The number of pyridine rings is 2. The second-order valence-electron chi connectivity index (χ2n) is 12.7. The first-order valence-electron chi connectivity index (χ1n) is 15.8. The van der Waals surface area contributed by atoms with Crippen LogP contribution in [0.25, 0.3) is 22.2 Å². The number of likely N-dealkylation sites (tertiary alicyclic amines) is 1. The van der Waals surface area contributed by atoms with Gasteiger partial charge in [-0.2, -0.15) is 23.1 Å². The van der Waals surface area contributed by atoms with Gasteiger partial charge in [-0.1, -0.05) is 0 Å². The zero-order valence-electron chi connectivity index (χ0n) is 26.5. The number of alkyl halides is 4. The van der Waals surface area contributed by atoms with Crippen LogP contribution >= 0.6 is 0 Å². The number of aromatic nitrogens is 4. The van der Waals surface area contributed by atoms with Crippen LogP contribution < -0.4 is 25.8 Å². The predicted octanol–water partition coefficient (Wildman–Crippen LogP) is 4.53. The first-order chi connectivity index (χ1) is 22.4. The number of halogens is 5. The molecule has 2 fully saturated rings. The summed E-state index contributed by atoms with van der Waals surface area (Å²) in [5.41, 5.74) is 2.48. The van der Waals surface area contributed by atoms with Crippen molar-refractivity contribution in [2.45, 2.75) is 64.1 Å². The van der Waals surface area contributed by atoms with Crippen molar-refractivity contribution >= 4 is 22.5 Å². The Morgan fingerprint density at radius 1 is 1.13 bits per heavy atom. The summed E-state index contributed by atoms with van der Waals surface area (Å²) in [4.78, 5) is 19.1. The van der Waals surface area contributed by atoms with Gasteiger partial charge in [0.25, 0.3) is 0 Å². The largest absolute Gasteiger partial charge is 0.474 e. The van der Waals surface area contributed by atoms with E-state index in [0.717, 1.165) is 25.8 Å². The van der Waals surface area contributed by atoms with Gasteiger partial charge in [-0.05, 0) is 52.1 Å². The van der Waals surface area contributed by atoms with E-state index in [2.05, 4.69) is 35.5 Å². The molecule has 256 valence electrons. The average Bonchev–Trinajstić information content (AvgIpc) is 3.77. The maximum atomic E-state index is 16.6. The maximum absolute atomic E-state index is 16.6. The second kappa shape index (κ2) is 13.1. The Morgan fingerprint density at radius 2 is 1.91 bits per heavy atom. The van der Waals surface area contributed by atoms with Crippen LogP contribution in [0.1, 0.15) is 43.9 Å². The van der Waals surface area contributed by atoms with Crippen molar-refractivity contribution < 1.29 is 36.2 Å². The van der Waals surface area contributed by atoms with E-state index in [1.54, 1.807) is 6.92 Å². The quantitative estimate of drug-likeness (QED) is 0.308. The predicted molar refractivity (Wildman–Crippen MR) is 165 cm³/mol. The lowest BCUT2D eigenvalue weighted by Gasteiger charge is -2.35. The average molecular weight is 667 g/mol. The molecule has 3 aliphatic rings. The van der Waals surface area contributed by atoms with Crippen LogP contribution in [0, 0.1) is 18.2 Å². The van der Waals surface area contributed by atoms with Gasteiger partial charge in [0.15, 0.2) is 5.82 Å². The van der Waals surface area contributed by atoms with E-state index < -0.39 is 52.9 Å². The van der Waals surface area contributed by atoms with Crippen molar-refractivity contribution in [3.05, 3.63) is 23.1 Å². The minimum absolute atomic E-state index is 0.0794. The van der Waals surface area contributed by atoms with Crippen molar-refractivity contribution in [3.8, 4) is 23.1 Å². The summed E-state index contributed by atoms with van der Waals surface area (Å²) in [7, 11) is 1.51. The first-order valence-corrected chi connectivity index (χ1v) is 15.8. The number of rotatable bonds is 7. The van der Waals surface area contributed by atoms with Crippen LogP contribution in [0.5, 0.6) is 11.9 Å². The molecular weight excluding hydrogens is 627 g/mol. The molecule has 0 spiro atoms. The Balaban J connectivity index is 1.40. The third kappa shape index (κ3) is 7.14. The van der Waals surface area contributed by atoms with Crippen LogP contribution in [0.15, 0.2) is 6.07 Å². The molecular formula is C31H39F5N8O3. The molecule has 6 rings (SSSR count).